The van der Waals surface area contributed by atoms with E-state index < -0.39 is 0 Å². The third kappa shape index (κ3) is 2.58. The molecule has 1 atom stereocenters. The van der Waals surface area contributed by atoms with Gasteiger partial charge in [0, 0.05) is 44.4 Å². The molecule has 0 spiro atoms. The maximum absolute atomic E-state index is 9.17. The number of aliphatic hydroxyl groups excluding tert-OH is 1. The van der Waals surface area contributed by atoms with Crippen molar-refractivity contribution in [3.8, 4) is 0 Å². The van der Waals surface area contributed by atoms with E-state index in [0.29, 0.717) is 18.7 Å². The van der Waals surface area contributed by atoms with Gasteiger partial charge in [-0.25, -0.2) is 0 Å². The van der Waals surface area contributed by atoms with Crippen LogP contribution in [0.3, 0.4) is 0 Å². The highest BCUT2D eigenvalue weighted by Crippen LogP contribution is 2.28. The molecule has 1 saturated carbocycles. The van der Waals surface area contributed by atoms with Crippen molar-refractivity contribution in [3.63, 3.8) is 0 Å². The standard InChI is InChI=1S/C13H26N2O/c1-11(2)15-8-7-14(12-4-3-5-12)10-13(15)6-9-16/h11-13,16H,3-10H2,1-2H3/t13-/m0/s1. The van der Waals surface area contributed by atoms with Gasteiger partial charge in [-0.1, -0.05) is 6.42 Å². The molecule has 1 N–H and O–H groups in total. The van der Waals surface area contributed by atoms with Crippen molar-refractivity contribution < 1.29 is 5.11 Å². The maximum atomic E-state index is 9.17. The number of hydrogen-bond acceptors (Lipinski definition) is 3. The molecule has 0 amide bonds. The van der Waals surface area contributed by atoms with Crippen molar-refractivity contribution in [2.24, 2.45) is 0 Å². The van der Waals surface area contributed by atoms with E-state index in [1.807, 2.05) is 0 Å². The minimum Gasteiger partial charge on any atom is -0.396 e. The van der Waals surface area contributed by atoms with Crippen molar-refractivity contribution in [2.75, 3.05) is 26.2 Å². The lowest BCUT2D eigenvalue weighted by atomic mass is 9.90. The molecule has 0 radical (unpaired) electrons. The van der Waals surface area contributed by atoms with Gasteiger partial charge in [-0.05, 0) is 33.1 Å². The number of hydrogen-bond donors (Lipinski definition) is 1. The topological polar surface area (TPSA) is 26.7 Å². The summed E-state index contributed by atoms with van der Waals surface area (Å²) >= 11 is 0. The van der Waals surface area contributed by atoms with Gasteiger partial charge in [0.1, 0.15) is 0 Å². The van der Waals surface area contributed by atoms with Crippen LogP contribution in [0.4, 0.5) is 0 Å². The van der Waals surface area contributed by atoms with Crippen molar-refractivity contribution >= 4 is 0 Å². The average molecular weight is 226 g/mol. The van der Waals surface area contributed by atoms with Gasteiger partial charge in [-0.2, -0.15) is 0 Å². The van der Waals surface area contributed by atoms with Gasteiger partial charge >= 0.3 is 0 Å². The highest BCUT2D eigenvalue weighted by molar-refractivity contribution is 4.89. The van der Waals surface area contributed by atoms with Gasteiger partial charge in [0.25, 0.3) is 0 Å². The van der Waals surface area contributed by atoms with Crippen LogP contribution in [0.5, 0.6) is 0 Å². The van der Waals surface area contributed by atoms with Gasteiger partial charge in [0.15, 0.2) is 0 Å². The number of rotatable bonds is 4. The summed E-state index contributed by atoms with van der Waals surface area (Å²) in [5, 5.41) is 9.17. The Morgan fingerprint density at radius 2 is 2.00 bits per heavy atom. The van der Waals surface area contributed by atoms with Crippen LogP contribution in [0.2, 0.25) is 0 Å². The van der Waals surface area contributed by atoms with Crippen LogP contribution in [-0.4, -0.2) is 59.3 Å². The van der Waals surface area contributed by atoms with Crippen molar-refractivity contribution in [1.82, 2.24) is 9.80 Å². The Hall–Kier alpha value is -0.120. The molecule has 0 aromatic heterocycles. The molecule has 2 rings (SSSR count). The summed E-state index contributed by atoms with van der Waals surface area (Å²) in [7, 11) is 0. The van der Waals surface area contributed by atoms with Crippen LogP contribution in [0, 0.1) is 0 Å². The minimum absolute atomic E-state index is 0.326. The lowest BCUT2D eigenvalue weighted by molar-refractivity contribution is 0.000849. The highest BCUT2D eigenvalue weighted by atomic mass is 16.3. The van der Waals surface area contributed by atoms with E-state index in [0.717, 1.165) is 12.5 Å². The molecule has 0 bridgehead atoms. The quantitative estimate of drug-likeness (QED) is 0.783. The Bertz CT molecular complexity index is 216. The molecule has 2 fully saturated rings. The molecule has 1 aliphatic carbocycles. The van der Waals surface area contributed by atoms with Gasteiger partial charge < -0.3 is 5.11 Å². The van der Waals surface area contributed by atoms with Gasteiger partial charge in [-0.3, -0.25) is 9.80 Å². The summed E-state index contributed by atoms with van der Waals surface area (Å²) in [6.07, 6.45) is 5.14. The third-order valence-electron chi connectivity index (χ3n) is 4.28. The van der Waals surface area contributed by atoms with E-state index in [4.69, 9.17) is 5.11 Å². The normalized spacial score (nSPS) is 29.6. The van der Waals surface area contributed by atoms with Crippen LogP contribution in [0.1, 0.15) is 39.5 Å². The zero-order valence-electron chi connectivity index (χ0n) is 10.7. The van der Waals surface area contributed by atoms with Gasteiger partial charge in [0.2, 0.25) is 0 Å². The summed E-state index contributed by atoms with van der Waals surface area (Å²) in [5.74, 6) is 0. The highest BCUT2D eigenvalue weighted by Gasteiger charge is 2.33. The molecule has 1 heterocycles. The van der Waals surface area contributed by atoms with E-state index in [9.17, 15) is 0 Å². The lowest BCUT2D eigenvalue weighted by Gasteiger charge is -2.48. The van der Waals surface area contributed by atoms with Crippen LogP contribution in [0.15, 0.2) is 0 Å². The molecule has 2 aliphatic rings. The molecule has 3 heteroatoms. The Kier molecular flexibility index (Phi) is 4.22. The summed E-state index contributed by atoms with van der Waals surface area (Å²) < 4.78 is 0. The van der Waals surface area contributed by atoms with Crippen molar-refractivity contribution in [3.05, 3.63) is 0 Å². The van der Waals surface area contributed by atoms with E-state index in [1.165, 1.54) is 38.9 Å². The molecular weight excluding hydrogens is 200 g/mol. The van der Waals surface area contributed by atoms with Gasteiger partial charge in [0.05, 0.1) is 0 Å². The monoisotopic (exact) mass is 226 g/mol. The molecule has 0 aromatic rings. The second-order valence-electron chi connectivity index (χ2n) is 5.58. The summed E-state index contributed by atoms with van der Waals surface area (Å²) in [4.78, 5) is 5.22. The SMILES string of the molecule is CC(C)N1CCN(C2CCC2)C[C@@H]1CCO. The summed E-state index contributed by atoms with van der Waals surface area (Å²) in [6.45, 7) is 8.44. The predicted molar refractivity (Wildman–Crippen MR) is 66.5 cm³/mol. The van der Waals surface area contributed by atoms with E-state index in [2.05, 4.69) is 23.6 Å². The maximum Gasteiger partial charge on any atom is 0.0446 e. The Balaban J connectivity index is 1.90. The van der Waals surface area contributed by atoms with E-state index in [1.54, 1.807) is 0 Å². The smallest absolute Gasteiger partial charge is 0.0446 e. The van der Waals surface area contributed by atoms with E-state index >= 15 is 0 Å². The summed E-state index contributed by atoms with van der Waals surface area (Å²) in [5.41, 5.74) is 0. The Labute approximate surface area is 99.4 Å². The number of aliphatic hydroxyl groups is 1. The lowest BCUT2D eigenvalue weighted by Crippen LogP contribution is -2.58. The van der Waals surface area contributed by atoms with Crippen LogP contribution < -0.4 is 0 Å². The first-order valence-electron chi connectivity index (χ1n) is 6.83. The molecule has 3 nitrogen and oxygen atoms in total. The predicted octanol–water partition coefficient (Wildman–Crippen LogP) is 1.32. The fraction of sp³-hybridized carbons (Fsp3) is 1.00. The molecule has 94 valence electrons. The van der Waals surface area contributed by atoms with Crippen molar-refractivity contribution in [1.29, 1.82) is 0 Å². The van der Waals surface area contributed by atoms with Crippen LogP contribution >= 0.6 is 0 Å². The fourth-order valence-electron chi connectivity index (χ4n) is 3.06. The molecule has 1 aliphatic heterocycles. The average Bonchev–Trinajstić information content (AvgIpc) is 2.15. The first-order valence-corrected chi connectivity index (χ1v) is 6.83. The van der Waals surface area contributed by atoms with Crippen LogP contribution in [-0.2, 0) is 0 Å². The minimum atomic E-state index is 0.326. The van der Waals surface area contributed by atoms with Crippen molar-refractivity contribution in [2.45, 2.75) is 57.7 Å². The summed E-state index contributed by atoms with van der Waals surface area (Å²) in [6, 6.07) is 2.04. The second-order valence-corrected chi connectivity index (χ2v) is 5.58. The molecular formula is C13H26N2O. The number of nitrogens with zero attached hydrogens (tertiary/aromatic N) is 2. The second kappa shape index (κ2) is 5.48. The molecule has 0 unspecified atom stereocenters. The first-order chi connectivity index (χ1) is 7.72. The fourth-order valence-corrected chi connectivity index (χ4v) is 3.06. The van der Waals surface area contributed by atoms with Gasteiger partial charge in [-0.15, -0.1) is 0 Å². The molecule has 0 aromatic carbocycles. The molecule has 1 saturated heterocycles. The zero-order valence-corrected chi connectivity index (χ0v) is 10.7. The zero-order chi connectivity index (χ0) is 11.5. The largest absolute Gasteiger partial charge is 0.396 e. The van der Waals surface area contributed by atoms with Crippen LogP contribution in [0.25, 0.3) is 0 Å². The Morgan fingerprint density at radius 1 is 1.25 bits per heavy atom. The first kappa shape index (κ1) is 12.3. The van der Waals surface area contributed by atoms with E-state index in [-0.39, 0.29) is 0 Å². The Morgan fingerprint density at radius 3 is 2.50 bits per heavy atom. The number of piperazine rings is 1. The molecule has 16 heavy (non-hydrogen) atoms. The third-order valence-corrected chi connectivity index (χ3v) is 4.28.